The third-order valence-electron chi connectivity index (χ3n) is 2.71. The minimum atomic E-state index is -5.19. The van der Waals surface area contributed by atoms with Crippen LogP contribution in [0.4, 0.5) is 13.2 Å². The lowest BCUT2D eigenvalue weighted by molar-refractivity contribution is -0.897. The van der Waals surface area contributed by atoms with Crippen molar-refractivity contribution in [1.82, 2.24) is 0 Å². The Labute approximate surface area is 98.6 Å². The average Bonchev–Trinajstić information content (AvgIpc) is 2.62. The van der Waals surface area contributed by atoms with Crippen molar-refractivity contribution in [3.8, 4) is 0 Å². The summed E-state index contributed by atoms with van der Waals surface area (Å²) in [6.07, 6.45) is -2.39. The number of ether oxygens (including phenoxy) is 1. The van der Waals surface area contributed by atoms with Gasteiger partial charge in [-0.25, -0.2) is 0 Å². The van der Waals surface area contributed by atoms with Crippen molar-refractivity contribution in [2.45, 2.75) is 19.0 Å². The highest BCUT2D eigenvalue weighted by Gasteiger charge is 2.28. The van der Waals surface area contributed by atoms with Crippen LogP contribution in [-0.4, -0.2) is 57.0 Å². The van der Waals surface area contributed by atoms with Crippen LogP contribution in [-0.2, 0) is 9.53 Å². The van der Waals surface area contributed by atoms with Crippen molar-refractivity contribution < 1.29 is 32.3 Å². The van der Waals surface area contributed by atoms with Crippen LogP contribution in [0.25, 0.3) is 0 Å². The first-order chi connectivity index (χ1) is 7.71. The first-order valence-corrected chi connectivity index (χ1v) is 5.32. The van der Waals surface area contributed by atoms with E-state index in [2.05, 4.69) is 7.05 Å². The van der Waals surface area contributed by atoms with E-state index in [1.54, 1.807) is 7.11 Å². The highest BCUT2D eigenvalue weighted by Crippen LogP contribution is 2.15. The van der Waals surface area contributed by atoms with Gasteiger partial charge in [-0.05, 0) is 0 Å². The Bertz CT molecular complexity index is 237. The zero-order chi connectivity index (χ0) is 13.5. The summed E-state index contributed by atoms with van der Waals surface area (Å²) in [5, 5.41) is 8.78. The Morgan fingerprint density at radius 1 is 1.35 bits per heavy atom. The molecule has 0 amide bonds. The molecular weight excluding hydrogens is 239 g/mol. The maximum absolute atomic E-state index is 10.5. The van der Waals surface area contributed by atoms with Gasteiger partial charge in [0, 0.05) is 20.0 Å². The lowest BCUT2D eigenvalue weighted by atomic mass is 10.4. The molecule has 4 nitrogen and oxygen atoms in total. The van der Waals surface area contributed by atoms with Crippen LogP contribution in [0.1, 0.15) is 12.8 Å². The number of carboxylic acid groups (broad SMARTS) is 1. The second-order valence-corrected chi connectivity index (χ2v) is 4.28. The van der Waals surface area contributed by atoms with E-state index in [4.69, 9.17) is 14.6 Å². The monoisotopic (exact) mass is 257 g/mol. The molecule has 0 atom stereocenters. The molecule has 0 aromatic heterocycles. The van der Waals surface area contributed by atoms with Gasteiger partial charge in [-0.2, -0.15) is 13.2 Å². The van der Waals surface area contributed by atoms with Crippen molar-refractivity contribution in [3.05, 3.63) is 0 Å². The smallest absolute Gasteiger partial charge is 0.430 e. The van der Waals surface area contributed by atoms with Gasteiger partial charge in [-0.15, -0.1) is 0 Å². The molecule has 1 aliphatic heterocycles. The summed E-state index contributed by atoms with van der Waals surface area (Å²) in [5.74, 6) is -3.01. The third kappa shape index (κ3) is 7.17. The Hall–Kier alpha value is -0.820. The average molecular weight is 257 g/mol. The maximum atomic E-state index is 10.5. The number of hydrogen-bond donors (Lipinski definition) is 0. The first-order valence-electron chi connectivity index (χ1n) is 5.32. The normalized spacial score (nSPS) is 18.4. The number of halogens is 3. The lowest BCUT2D eigenvalue weighted by Gasteiger charge is -2.28. The molecule has 0 radical (unpaired) electrons. The van der Waals surface area contributed by atoms with E-state index in [9.17, 15) is 13.2 Å². The number of carbonyl (C=O) groups is 1. The summed E-state index contributed by atoms with van der Waals surface area (Å²) < 4.78 is 37.8. The van der Waals surface area contributed by atoms with Gasteiger partial charge >= 0.3 is 6.18 Å². The largest absolute Gasteiger partial charge is 0.542 e. The number of carbonyl (C=O) groups excluding carboxylic acids is 1. The lowest BCUT2D eigenvalue weighted by Crippen LogP contribution is -2.43. The molecule has 1 aliphatic rings. The van der Waals surface area contributed by atoms with Crippen molar-refractivity contribution >= 4 is 5.97 Å². The number of likely N-dealkylation sites (N-methyl/N-ethyl adjacent to an activating group) is 1. The summed E-state index contributed by atoms with van der Waals surface area (Å²) in [6.45, 7) is 4.81. The molecule has 0 aromatic rings. The molecule has 1 fully saturated rings. The predicted octanol–water partition coefficient (Wildman–Crippen LogP) is 0.172. The molecule has 0 spiro atoms. The van der Waals surface area contributed by atoms with E-state index < -0.39 is 12.1 Å². The van der Waals surface area contributed by atoms with E-state index in [1.807, 2.05) is 0 Å². The minimum absolute atomic E-state index is 0.913. The molecule has 0 bridgehead atoms. The predicted molar refractivity (Wildman–Crippen MR) is 53.0 cm³/mol. The number of rotatable bonds is 3. The van der Waals surface area contributed by atoms with Gasteiger partial charge in [-0.1, -0.05) is 0 Å². The van der Waals surface area contributed by atoms with Gasteiger partial charge in [0.05, 0.1) is 26.7 Å². The Morgan fingerprint density at radius 3 is 2.06 bits per heavy atom. The molecule has 0 saturated carbocycles. The van der Waals surface area contributed by atoms with Crippen LogP contribution in [0.2, 0.25) is 0 Å². The molecular formula is C10H18F3NO3. The molecule has 0 N–H and O–H groups in total. The van der Waals surface area contributed by atoms with Crippen molar-refractivity contribution in [2.75, 3.05) is 40.4 Å². The number of carboxylic acids is 1. The third-order valence-corrected chi connectivity index (χ3v) is 2.71. The van der Waals surface area contributed by atoms with Gasteiger partial charge < -0.3 is 19.1 Å². The molecule has 17 heavy (non-hydrogen) atoms. The van der Waals surface area contributed by atoms with E-state index in [1.165, 1.54) is 37.0 Å². The van der Waals surface area contributed by atoms with Crippen LogP contribution >= 0.6 is 0 Å². The number of nitrogens with zero attached hydrogens (tertiary/aromatic N) is 1. The molecule has 0 unspecified atom stereocenters. The fourth-order valence-corrected chi connectivity index (χ4v) is 1.63. The number of aliphatic carboxylic acids is 1. The second kappa shape index (κ2) is 6.80. The Balaban J connectivity index is 0.000000325. The van der Waals surface area contributed by atoms with Gasteiger partial charge in [-0.3, -0.25) is 0 Å². The summed E-state index contributed by atoms with van der Waals surface area (Å²) >= 11 is 0. The first kappa shape index (κ1) is 16.2. The van der Waals surface area contributed by atoms with Gasteiger partial charge in [0.15, 0.2) is 0 Å². The van der Waals surface area contributed by atoms with Gasteiger partial charge in [0.1, 0.15) is 12.5 Å². The molecule has 1 heterocycles. The molecule has 7 heteroatoms. The standard InChI is InChI=1S/C8H18NO.C2HF3O2/c1-9(7-8-10-2)5-3-4-6-9;3-2(4,5)1(6)7/h3-8H2,1-2H3;(H,6,7)/q+1;/p-1. The number of methoxy groups -OCH3 is 1. The zero-order valence-electron chi connectivity index (χ0n) is 10.0. The molecule has 0 aliphatic carbocycles. The van der Waals surface area contributed by atoms with Crippen LogP contribution in [0.3, 0.4) is 0 Å². The van der Waals surface area contributed by atoms with Crippen LogP contribution in [0.5, 0.6) is 0 Å². The van der Waals surface area contributed by atoms with Crippen molar-refractivity contribution in [2.24, 2.45) is 0 Å². The van der Waals surface area contributed by atoms with Gasteiger partial charge in [0.2, 0.25) is 0 Å². The summed E-state index contributed by atoms with van der Waals surface area (Å²) in [4.78, 5) is 8.78. The SMILES string of the molecule is COCC[N+]1(C)CCCC1.O=C([O-])C(F)(F)F. The van der Waals surface area contributed by atoms with Gasteiger partial charge in [0.25, 0.3) is 0 Å². The highest BCUT2D eigenvalue weighted by atomic mass is 19.4. The zero-order valence-corrected chi connectivity index (χ0v) is 10.0. The maximum Gasteiger partial charge on any atom is 0.430 e. The summed E-state index contributed by atoms with van der Waals surface area (Å²) in [7, 11) is 4.11. The minimum Gasteiger partial charge on any atom is -0.542 e. The van der Waals surface area contributed by atoms with Crippen LogP contribution in [0.15, 0.2) is 0 Å². The Morgan fingerprint density at radius 2 is 1.76 bits per heavy atom. The van der Waals surface area contributed by atoms with E-state index in [0.29, 0.717) is 0 Å². The van der Waals surface area contributed by atoms with Crippen LogP contribution < -0.4 is 5.11 Å². The number of alkyl halides is 3. The molecule has 1 rings (SSSR count). The fourth-order valence-electron chi connectivity index (χ4n) is 1.63. The van der Waals surface area contributed by atoms with E-state index >= 15 is 0 Å². The number of quaternary nitrogens is 1. The quantitative estimate of drug-likeness (QED) is 0.677. The van der Waals surface area contributed by atoms with Crippen molar-refractivity contribution in [3.63, 3.8) is 0 Å². The molecule has 1 saturated heterocycles. The fraction of sp³-hybridized carbons (Fsp3) is 0.900. The van der Waals surface area contributed by atoms with E-state index in [0.717, 1.165) is 6.61 Å². The van der Waals surface area contributed by atoms with Crippen molar-refractivity contribution in [1.29, 1.82) is 0 Å². The molecule has 102 valence electrons. The molecule has 0 aromatic carbocycles. The van der Waals surface area contributed by atoms with E-state index in [-0.39, 0.29) is 0 Å². The number of hydrogen-bond acceptors (Lipinski definition) is 3. The second-order valence-electron chi connectivity index (χ2n) is 4.28. The number of likely N-dealkylation sites (tertiary alicyclic amines) is 1. The summed E-state index contributed by atoms with van der Waals surface area (Å²) in [5.41, 5.74) is 0. The Kier molecular flexibility index (Phi) is 6.48. The van der Waals surface area contributed by atoms with Crippen LogP contribution in [0, 0.1) is 0 Å². The highest BCUT2D eigenvalue weighted by molar-refractivity contribution is 5.70. The summed E-state index contributed by atoms with van der Waals surface area (Å²) in [6, 6.07) is 0. The topological polar surface area (TPSA) is 49.4 Å².